The average Bonchev–Trinajstić information content (AvgIpc) is 3.04. The van der Waals surface area contributed by atoms with Crippen LogP contribution in [0.1, 0.15) is 19.8 Å². The van der Waals surface area contributed by atoms with Crippen LogP contribution in [-0.4, -0.2) is 12.4 Å². The predicted molar refractivity (Wildman–Crippen MR) is 68.4 cm³/mol. The highest BCUT2D eigenvalue weighted by Crippen LogP contribution is 2.29. The van der Waals surface area contributed by atoms with Crippen LogP contribution in [0.2, 0.25) is 0 Å². The average molecular weight is 303 g/mol. The van der Waals surface area contributed by atoms with Crippen LogP contribution < -0.4 is 5.32 Å². The molecule has 0 bridgehead atoms. The van der Waals surface area contributed by atoms with Crippen molar-refractivity contribution < 1.29 is 8.78 Å². The molecule has 17 heavy (non-hydrogen) atoms. The Bertz CT molecular complexity index is 433. The van der Waals surface area contributed by atoms with Crippen molar-refractivity contribution in [1.29, 1.82) is 0 Å². The quantitative estimate of drug-likeness (QED) is 0.663. The Morgan fingerprint density at radius 3 is 2.53 bits per heavy atom. The molecule has 0 atom stereocenters. The van der Waals surface area contributed by atoms with Crippen molar-refractivity contribution in [2.75, 3.05) is 11.9 Å². The molecule has 1 saturated carbocycles. The van der Waals surface area contributed by atoms with Gasteiger partial charge in [-0.2, -0.15) is 0 Å². The van der Waals surface area contributed by atoms with Crippen molar-refractivity contribution in [3.05, 3.63) is 28.2 Å². The standard InChI is InChI=1S/C12H13BrF2N2/c1-7(16-6-8-2-3-8)17-12-10(14)4-9(13)5-11(12)15/h4-5,8H,2-3,6H2,1H3,(H,16,17). The summed E-state index contributed by atoms with van der Waals surface area (Å²) in [4.78, 5) is 4.25. The molecule has 0 spiro atoms. The summed E-state index contributed by atoms with van der Waals surface area (Å²) in [6, 6.07) is 2.44. The van der Waals surface area contributed by atoms with Crippen LogP contribution in [0.25, 0.3) is 0 Å². The molecule has 0 aromatic heterocycles. The number of amidine groups is 1. The van der Waals surface area contributed by atoms with Crippen LogP contribution in [-0.2, 0) is 0 Å². The first kappa shape index (κ1) is 12.5. The monoisotopic (exact) mass is 302 g/mol. The fraction of sp³-hybridized carbons (Fsp3) is 0.417. The lowest BCUT2D eigenvalue weighted by atomic mass is 10.3. The summed E-state index contributed by atoms with van der Waals surface area (Å²) in [5.74, 6) is -0.0564. The van der Waals surface area contributed by atoms with E-state index in [9.17, 15) is 8.78 Å². The number of hydrogen-bond donors (Lipinski definition) is 1. The molecule has 0 saturated heterocycles. The summed E-state index contributed by atoms with van der Waals surface area (Å²) < 4.78 is 27.4. The zero-order valence-electron chi connectivity index (χ0n) is 9.43. The zero-order valence-corrected chi connectivity index (χ0v) is 11.0. The Hall–Kier alpha value is -0.970. The van der Waals surface area contributed by atoms with E-state index < -0.39 is 11.6 Å². The second kappa shape index (κ2) is 5.12. The highest BCUT2D eigenvalue weighted by Gasteiger charge is 2.20. The van der Waals surface area contributed by atoms with Gasteiger partial charge in [-0.1, -0.05) is 15.9 Å². The highest BCUT2D eigenvalue weighted by atomic mass is 79.9. The van der Waals surface area contributed by atoms with Crippen LogP contribution in [0.3, 0.4) is 0 Å². The number of nitrogens with one attached hydrogen (secondary N) is 1. The second-order valence-electron chi connectivity index (χ2n) is 4.24. The van der Waals surface area contributed by atoms with Crippen molar-refractivity contribution in [3.8, 4) is 0 Å². The molecular weight excluding hydrogens is 290 g/mol. The third kappa shape index (κ3) is 3.49. The molecule has 0 amide bonds. The van der Waals surface area contributed by atoms with Crippen molar-refractivity contribution in [2.45, 2.75) is 19.8 Å². The molecule has 2 rings (SSSR count). The van der Waals surface area contributed by atoms with Crippen molar-refractivity contribution >= 4 is 27.5 Å². The fourth-order valence-electron chi connectivity index (χ4n) is 1.45. The molecule has 2 nitrogen and oxygen atoms in total. The third-order valence-electron chi connectivity index (χ3n) is 2.60. The number of anilines is 1. The van der Waals surface area contributed by atoms with Gasteiger partial charge in [0.15, 0.2) is 11.6 Å². The number of halogens is 3. The van der Waals surface area contributed by atoms with Gasteiger partial charge in [-0.15, -0.1) is 0 Å². The molecule has 1 aliphatic carbocycles. The lowest BCUT2D eigenvalue weighted by molar-refractivity contribution is 0.589. The number of hydrogen-bond acceptors (Lipinski definition) is 1. The van der Waals surface area contributed by atoms with Crippen molar-refractivity contribution in [1.82, 2.24) is 0 Å². The first-order chi connectivity index (χ1) is 8.06. The van der Waals surface area contributed by atoms with E-state index in [1.54, 1.807) is 6.92 Å². The Labute approximate surface area is 107 Å². The molecule has 1 aromatic rings. The van der Waals surface area contributed by atoms with Gasteiger partial charge in [0.1, 0.15) is 5.69 Å². The molecule has 92 valence electrons. The summed E-state index contributed by atoms with van der Waals surface area (Å²) >= 11 is 3.03. The Kier molecular flexibility index (Phi) is 3.76. The minimum atomic E-state index is -0.627. The van der Waals surface area contributed by atoms with E-state index in [-0.39, 0.29) is 5.69 Å². The van der Waals surface area contributed by atoms with Crippen LogP contribution >= 0.6 is 15.9 Å². The van der Waals surface area contributed by atoms with Crippen molar-refractivity contribution in [3.63, 3.8) is 0 Å². The Morgan fingerprint density at radius 2 is 2.00 bits per heavy atom. The molecule has 0 aliphatic heterocycles. The highest BCUT2D eigenvalue weighted by molar-refractivity contribution is 9.10. The Balaban J connectivity index is 2.09. The van der Waals surface area contributed by atoms with Gasteiger partial charge in [-0.05, 0) is 37.8 Å². The summed E-state index contributed by atoms with van der Waals surface area (Å²) in [6.07, 6.45) is 2.41. The number of aliphatic imine (C=N–C) groups is 1. The summed E-state index contributed by atoms with van der Waals surface area (Å²) in [6.45, 7) is 2.45. The Morgan fingerprint density at radius 1 is 1.41 bits per heavy atom. The summed E-state index contributed by atoms with van der Waals surface area (Å²) in [7, 11) is 0. The predicted octanol–water partition coefficient (Wildman–Crippen LogP) is 3.97. The van der Waals surface area contributed by atoms with E-state index in [1.165, 1.54) is 25.0 Å². The largest absolute Gasteiger partial charge is 0.340 e. The van der Waals surface area contributed by atoms with E-state index >= 15 is 0 Å². The lowest BCUT2D eigenvalue weighted by Gasteiger charge is -2.08. The van der Waals surface area contributed by atoms with E-state index in [1.807, 2.05) is 0 Å². The molecule has 1 N–H and O–H groups in total. The first-order valence-corrected chi connectivity index (χ1v) is 6.28. The van der Waals surface area contributed by atoms with Crippen molar-refractivity contribution in [2.24, 2.45) is 10.9 Å². The van der Waals surface area contributed by atoms with E-state index in [0.717, 1.165) is 6.54 Å². The number of nitrogens with zero attached hydrogens (tertiary/aromatic N) is 1. The van der Waals surface area contributed by atoms with E-state index in [4.69, 9.17) is 0 Å². The van der Waals surface area contributed by atoms with Gasteiger partial charge in [-0.3, -0.25) is 4.99 Å². The zero-order chi connectivity index (χ0) is 12.4. The third-order valence-corrected chi connectivity index (χ3v) is 3.05. The van der Waals surface area contributed by atoms with Gasteiger partial charge in [0, 0.05) is 11.0 Å². The van der Waals surface area contributed by atoms with Crippen LogP contribution in [0, 0.1) is 17.6 Å². The van der Waals surface area contributed by atoms with E-state index in [2.05, 4.69) is 26.2 Å². The molecule has 1 aliphatic rings. The summed E-state index contributed by atoms with van der Waals surface area (Å²) in [5.41, 5.74) is -0.148. The maximum atomic E-state index is 13.5. The molecule has 1 aromatic carbocycles. The molecular formula is C12H13BrF2N2. The second-order valence-corrected chi connectivity index (χ2v) is 5.15. The normalized spacial score (nSPS) is 16.1. The van der Waals surface area contributed by atoms with E-state index in [0.29, 0.717) is 16.2 Å². The smallest absolute Gasteiger partial charge is 0.150 e. The molecule has 1 fully saturated rings. The molecule has 0 unspecified atom stereocenters. The lowest BCUT2D eigenvalue weighted by Crippen LogP contribution is -2.11. The van der Waals surface area contributed by atoms with Gasteiger partial charge in [0.25, 0.3) is 0 Å². The van der Waals surface area contributed by atoms with Gasteiger partial charge in [0.05, 0.1) is 5.84 Å². The topological polar surface area (TPSA) is 24.4 Å². The van der Waals surface area contributed by atoms with Crippen LogP contribution in [0.15, 0.2) is 21.6 Å². The molecule has 0 heterocycles. The van der Waals surface area contributed by atoms with Gasteiger partial charge in [-0.25, -0.2) is 8.78 Å². The first-order valence-electron chi connectivity index (χ1n) is 5.49. The maximum absolute atomic E-state index is 13.5. The minimum Gasteiger partial charge on any atom is -0.340 e. The SMILES string of the molecule is CC(=NCC1CC1)Nc1c(F)cc(Br)cc1F. The van der Waals surface area contributed by atoms with Crippen LogP contribution in [0.4, 0.5) is 14.5 Å². The van der Waals surface area contributed by atoms with Crippen LogP contribution in [0.5, 0.6) is 0 Å². The van der Waals surface area contributed by atoms with Gasteiger partial charge < -0.3 is 5.32 Å². The molecule has 0 radical (unpaired) electrons. The van der Waals surface area contributed by atoms with Gasteiger partial charge in [0.2, 0.25) is 0 Å². The molecule has 5 heteroatoms. The summed E-state index contributed by atoms with van der Waals surface area (Å²) in [5, 5.41) is 2.67. The minimum absolute atomic E-state index is 0.148. The van der Waals surface area contributed by atoms with Gasteiger partial charge >= 0.3 is 0 Å². The fourth-order valence-corrected chi connectivity index (χ4v) is 1.85. The number of benzene rings is 1. The number of rotatable bonds is 3. The maximum Gasteiger partial charge on any atom is 0.150 e.